The Bertz CT molecular complexity index is 483. The average molecular weight is 230 g/mol. The van der Waals surface area contributed by atoms with E-state index in [1.807, 2.05) is 36.4 Å². The Hall–Kier alpha value is -1.87. The van der Waals surface area contributed by atoms with E-state index in [2.05, 4.69) is 5.32 Å². The van der Waals surface area contributed by atoms with Crippen LogP contribution in [-0.4, -0.2) is 0 Å². The number of hydrogen-bond donors (Lipinski definition) is 2. The van der Waals surface area contributed by atoms with E-state index in [9.17, 15) is 4.39 Å². The fourth-order valence-corrected chi connectivity index (χ4v) is 1.72. The van der Waals surface area contributed by atoms with Gasteiger partial charge in [-0.2, -0.15) is 0 Å². The van der Waals surface area contributed by atoms with E-state index in [4.69, 9.17) is 5.73 Å². The topological polar surface area (TPSA) is 38.0 Å². The summed E-state index contributed by atoms with van der Waals surface area (Å²) in [6, 6.07) is 14.9. The van der Waals surface area contributed by atoms with Crippen molar-refractivity contribution < 1.29 is 4.39 Å². The van der Waals surface area contributed by atoms with Crippen LogP contribution in [0.4, 0.5) is 10.1 Å². The molecular weight excluding hydrogens is 215 g/mol. The molecule has 0 saturated carbocycles. The van der Waals surface area contributed by atoms with Crippen LogP contribution in [0, 0.1) is 5.82 Å². The molecule has 0 atom stereocenters. The Labute approximate surface area is 100 Å². The Morgan fingerprint density at radius 1 is 1.00 bits per heavy atom. The van der Waals surface area contributed by atoms with E-state index in [1.54, 1.807) is 6.07 Å². The fourth-order valence-electron chi connectivity index (χ4n) is 1.72. The second kappa shape index (κ2) is 5.46. The summed E-state index contributed by atoms with van der Waals surface area (Å²) in [6.45, 7) is 0.862. The van der Waals surface area contributed by atoms with Gasteiger partial charge in [0.25, 0.3) is 0 Å². The molecule has 0 saturated heterocycles. The van der Waals surface area contributed by atoms with Crippen molar-refractivity contribution in [3.8, 4) is 0 Å². The van der Waals surface area contributed by atoms with Crippen molar-refractivity contribution in [1.29, 1.82) is 0 Å². The number of anilines is 1. The molecule has 0 aliphatic heterocycles. The molecule has 0 aliphatic rings. The highest BCUT2D eigenvalue weighted by molar-refractivity contribution is 5.52. The molecule has 2 rings (SSSR count). The number of halogens is 1. The summed E-state index contributed by atoms with van der Waals surface area (Å²) < 4.78 is 13.5. The third-order valence-corrected chi connectivity index (χ3v) is 2.65. The second-order valence-electron chi connectivity index (χ2n) is 3.81. The van der Waals surface area contributed by atoms with Gasteiger partial charge in [0, 0.05) is 24.3 Å². The van der Waals surface area contributed by atoms with E-state index in [0.717, 1.165) is 11.3 Å². The van der Waals surface area contributed by atoms with Gasteiger partial charge in [0.05, 0.1) is 0 Å². The van der Waals surface area contributed by atoms with Gasteiger partial charge < -0.3 is 11.1 Å². The lowest BCUT2D eigenvalue weighted by atomic mass is 10.1. The van der Waals surface area contributed by atoms with E-state index in [-0.39, 0.29) is 12.4 Å². The van der Waals surface area contributed by atoms with Gasteiger partial charge in [-0.15, -0.1) is 0 Å². The molecule has 2 aromatic rings. The number of benzene rings is 2. The predicted octanol–water partition coefficient (Wildman–Crippen LogP) is 2.90. The summed E-state index contributed by atoms with van der Waals surface area (Å²) in [5.41, 5.74) is 7.98. The van der Waals surface area contributed by atoms with Crippen molar-refractivity contribution in [2.45, 2.75) is 13.1 Å². The molecule has 88 valence electrons. The van der Waals surface area contributed by atoms with Crippen molar-refractivity contribution in [2.75, 3.05) is 5.32 Å². The Morgan fingerprint density at radius 3 is 2.47 bits per heavy atom. The minimum atomic E-state index is -0.259. The first-order chi connectivity index (χ1) is 8.31. The van der Waals surface area contributed by atoms with Crippen LogP contribution in [0.25, 0.3) is 0 Å². The van der Waals surface area contributed by atoms with Gasteiger partial charge in [-0.25, -0.2) is 4.39 Å². The zero-order chi connectivity index (χ0) is 12.1. The molecule has 0 unspecified atom stereocenters. The van der Waals surface area contributed by atoms with E-state index < -0.39 is 0 Å². The van der Waals surface area contributed by atoms with E-state index in [0.29, 0.717) is 12.1 Å². The summed E-state index contributed by atoms with van der Waals surface area (Å²) in [5.74, 6) is -0.259. The third-order valence-electron chi connectivity index (χ3n) is 2.65. The molecule has 0 fully saturated rings. The summed E-state index contributed by atoms with van der Waals surface area (Å²) in [4.78, 5) is 0. The highest BCUT2D eigenvalue weighted by atomic mass is 19.1. The largest absolute Gasteiger partial charge is 0.381 e. The quantitative estimate of drug-likeness (QED) is 0.847. The molecule has 2 nitrogen and oxygen atoms in total. The molecular formula is C14H15FN2. The predicted molar refractivity (Wildman–Crippen MR) is 68.1 cm³/mol. The first kappa shape index (κ1) is 11.6. The lowest BCUT2D eigenvalue weighted by Crippen LogP contribution is -2.07. The van der Waals surface area contributed by atoms with Gasteiger partial charge >= 0.3 is 0 Å². The molecule has 0 aromatic heterocycles. The maximum atomic E-state index is 13.5. The highest BCUT2D eigenvalue weighted by Gasteiger charge is 2.05. The standard InChI is InChI=1S/C14H15FN2/c15-13-7-4-8-14(12(13)9-16)17-10-11-5-2-1-3-6-11/h1-8,17H,9-10,16H2. The molecule has 3 heteroatoms. The van der Waals surface area contributed by atoms with Crippen LogP contribution < -0.4 is 11.1 Å². The second-order valence-corrected chi connectivity index (χ2v) is 3.81. The van der Waals surface area contributed by atoms with E-state index in [1.165, 1.54) is 6.07 Å². The minimum Gasteiger partial charge on any atom is -0.381 e. The minimum absolute atomic E-state index is 0.198. The molecule has 0 spiro atoms. The zero-order valence-electron chi connectivity index (χ0n) is 9.49. The van der Waals surface area contributed by atoms with Crippen LogP contribution in [-0.2, 0) is 13.1 Å². The molecule has 0 amide bonds. The van der Waals surface area contributed by atoms with Crippen LogP contribution >= 0.6 is 0 Å². The van der Waals surface area contributed by atoms with Crippen molar-refractivity contribution in [3.63, 3.8) is 0 Å². The van der Waals surface area contributed by atoms with Gasteiger partial charge in [0.1, 0.15) is 5.82 Å². The van der Waals surface area contributed by atoms with Crippen molar-refractivity contribution in [1.82, 2.24) is 0 Å². The summed E-state index contributed by atoms with van der Waals surface area (Å²) >= 11 is 0. The molecule has 0 bridgehead atoms. The maximum absolute atomic E-state index is 13.5. The molecule has 17 heavy (non-hydrogen) atoms. The first-order valence-electron chi connectivity index (χ1n) is 5.56. The SMILES string of the molecule is NCc1c(F)cccc1NCc1ccccc1. The average Bonchev–Trinajstić information content (AvgIpc) is 2.37. The lowest BCUT2D eigenvalue weighted by molar-refractivity contribution is 0.611. The molecule has 2 aromatic carbocycles. The number of rotatable bonds is 4. The van der Waals surface area contributed by atoms with Gasteiger partial charge in [-0.05, 0) is 17.7 Å². The summed E-state index contributed by atoms with van der Waals surface area (Å²) in [7, 11) is 0. The van der Waals surface area contributed by atoms with Gasteiger partial charge in [-0.3, -0.25) is 0 Å². The third kappa shape index (κ3) is 2.82. The Morgan fingerprint density at radius 2 is 1.76 bits per heavy atom. The van der Waals surface area contributed by atoms with Crippen molar-refractivity contribution in [2.24, 2.45) is 5.73 Å². The van der Waals surface area contributed by atoms with E-state index >= 15 is 0 Å². The molecule has 0 radical (unpaired) electrons. The molecule has 3 N–H and O–H groups in total. The smallest absolute Gasteiger partial charge is 0.129 e. The van der Waals surface area contributed by atoms with Crippen LogP contribution in [0.15, 0.2) is 48.5 Å². The summed E-state index contributed by atoms with van der Waals surface area (Å²) in [6.07, 6.45) is 0. The first-order valence-corrected chi connectivity index (χ1v) is 5.56. The fraction of sp³-hybridized carbons (Fsp3) is 0.143. The number of hydrogen-bond acceptors (Lipinski definition) is 2. The van der Waals surface area contributed by atoms with Gasteiger partial charge in [0.15, 0.2) is 0 Å². The normalized spacial score (nSPS) is 10.2. The number of nitrogens with one attached hydrogen (secondary N) is 1. The maximum Gasteiger partial charge on any atom is 0.129 e. The Kier molecular flexibility index (Phi) is 3.73. The highest BCUT2D eigenvalue weighted by Crippen LogP contribution is 2.19. The summed E-state index contributed by atoms with van der Waals surface area (Å²) in [5, 5.41) is 3.20. The molecule has 0 aliphatic carbocycles. The van der Waals surface area contributed by atoms with Crippen molar-refractivity contribution >= 4 is 5.69 Å². The van der Waals surface area contributed by atoms with Crippen molar-refractivity contribution in [3.05, 3.63) is 65.5 Å². The van der Waals surface area contributed by atoms with Gasteiger partial charge in [-0.1, -0.05) is 36.4 Å². The zero-order valence-corrected chi connectivity index (χ0v) is 9.49. The van der Waals surface area contributed by atoms with Crippen LogP contribution in [0.5, 0.6) is 0 Å². The molecule has 0 heterocycles. The lowest BCUT2D eigenvalue weighted by Gasteiger charge is -2.11. The van der Waals surface area contributed by atoms with Gasteiger partial charge in [0.2, 0.25) is 0 Å². The monoisotopic (exact) mass is 230 g/mol. The van der Waals surface area contributed by atoms with Crippen LogP contribution in [0.2, 0.25) is 0 Å². The Balaban J connectivity index is 2.12. The van der Waals surface area contributed by atoms with Crippen LogP contribution in [0.1, 0.15) is 11.1 Å². The van der Waals surface area contributed by atoms with Crippen LogP contribution in [0.3, 0.4) is 0 Å². The number of nitrogens with two attached hydrogens (primary N) is 1.